The van der Waals surface area contributed by atoms with E-state index in [9.17, 15) is 13.2 Å². The molecule has 4 rings (SSSR count). The van der Waals surface area contributed by atoms with Crippen molar-refractivity contribution >= 4 is 17.3 Å². The van der Waals surface area contributed by atoms with Crippen molar-refractivity contribution in [1.29, 1.82) is 0 Å². The Kier molecular flexibility index (Phi) is 6.36. The zero-order chi connectivity index (χ0) is 20.3. The maximum atomic E-state index is 10.6. The fraction of sp³-hybridized carbons (Fsp3) is 0.588. The van der Waals surface area contributed by atoms with Gasteiger partial charge in [0.2, 0.25) is 0 Å². The van der Waals surface area contributed by atoms with Crippen LogP contribution in [-0.4, -0.2) is 51.0 Å². The van der Waals surface area contributed by atoms with Crippen LogP contribution in [0, 0.1) is 6.92 Å². The molecule has 0 aromatic carbocycles. The Balaban J connectivity index is 0.000000279. The number of hydrogen-bond acceptors (Lipinski definition) is 7. The molecule has 154 valence electrons. The monoisotopic (exact) mass is 419 g/mol. The Morgan fingerprint density at radius 3 is 2.71 bits per heavy atom. The molecule has 11 heteroatoms. The molecule has 4 heterocycles. The minimum atomic E-state index is -5.08. The minimum Gasteiger partial charge on any atom is -0.475 e. The molecule has 0 bridgehead atoms. The molecule has 2 aliphatic heterocycles. The van der Waals surface area contributed by atoms with Crippen LogP contribution in [0.2, 0.25) is 0 Å². The number of halogens is 3. The predicted octanol–water partition coefficient (Wildman–Crippen LogP) is 3.57. The maximum absolute atomic E-state index is 10.6. The third kappa shape index (κ3) is 5.09. The quantitative estimate of drug-likeness (QED) is 0.814. The van der Waals surface area contributed by atoms with Crippen LogP contribution in [-0.2, 0) is 16.1 Å². The van der Waals surface area contributed by atoms with Gasteiger partial charge < -0.3 is 14.4 Å². The van der Waals surface area contributed by atoms with Gasteiger partial charge in [0.25, 0.3) is 5.89 Å². The van der Waals surface area contributed by atoms with E-state index in [-0.39, 0.29) is 6.10 Å². The van der Waals surface area contributed by atoms with Gasteiger partial charge in [-0.25, -0.2) is 4.79 Å². The van der Waals surface area contributed by atoms with Crippen LogP contribution in [0.5, 0.6) is 0 Å². The number of alkyl halides is 3. The van der Waals surface area contributed by atoms with E-state index in [1.54, 1.807) is 0 Å². The number of aryl methyl sites for hydroxylation is 1. The second-order valence-electron chi connectivity index (χ2n) is 6.63. The van der Waals surface area contributed by atoms with Crippen molar-refractivity contribution in [3.63, 3.8) is 0 Å². The largest absolute Gasteiger partial charge is 0.490 e. The molecule has 2 aromatic rings. The maximum Gasteiger partial charge on any atom is 0.490 e. The predicted molar refractivity (Wildman–Crippen MR) is 92.7 cm³/mol. The van der Waals surface area contributed by atoms with Gasteiger partial charge >= 0.3 is 12.1 Å². The lowest BCUT2D eigenvalue weighted by Crippen LogP contribution is -2.40. The summed E-state index contributed by atoms with van der Waals surface area (Å²) in [6, 6.07) is 4.87. The second kappa shape index (κ2) is 8.58. The van der Waals surface area contributed by atoms with Gasteiger partial charge in [-0.3, -0.25) is 4.90 Å². The van der Waals surface area contributed by atoms with Crippen molar-refractivity contribution in [1.82, 2.24) is 15.0 Å². The molecular formula is C17H20F3N3O4S. The fourth-order valence-electron chi connectivity index (χ4n) is 3.44. The molecule has 0 amide bonds. The zero-order valence-corrected chi connectivity index (χ0v) is 15.9. The van der Waals surface area contributed by atoms with Crippen LogP contribution < -0.4 is 0 Å². The number of carboxylic acids is 1. The van der Waals surface area contributed by atoms with Crippen LogP contribution in [0.25, 0.3) is 0 Å². The lowest BCUT2D eigenvalue weighted by molar-refractivity contribution is -0.192. The molecule has 2 saturated heterocycles. The molecule has 2 aromatic heterocycles. The number of thiophene rings is 1. The first-order valence-corrected chi connectivity index (χ1v) is 9.64. The Hall–Kier alpha value is -1.98. The standard InChI is InChI=1S/C15H19N3O2S.C2HF3O2/c1-10-16-15(20-17-10)14-5-4-12-13(19-14)6-7-18(12)9-11-3-2-8-21-11;3-2(4,5)1(6)7/h2-3,8,12-14H,4-7,9H2,1H3;(H,6,7)/t12-,13-,14+;/m1./s1. The van der Waals surface area contributed by atoms with Gasteiger partial charge in [0.1, 0.15) is 6.10 Å². The van der Waals surface area contributed by atoms with Crippen molar-refractivity contribution < 1.29 is 32.3 Å². The summed E-state index contributed by atoms with van der Waals surface area (Å²) in [7, 11) is 0. The number of aromatic nitrogens is 2. The highest BCUT2D eigenvalue weighted by molar-refractivity contribution is 7.09. The Labute approximate surface area is 163 Å². The van der Waals surface area contributed by atoms with Crippen molar-refractivity contribution in [2.45, 2.75) is 57.2 Å². The summed E-state index contributed by atoms with van der Waals surface area (Å²) in [6.45, 7) is 4.01. The summed E-state index contributed by atoms with van der Waals surface area (Å²) in [5, 5.41) is 13.1. The van der Waals surface area contributed by atoms with Gasteiger partial charge in [-0.2, -0.15) is 18.2 Å². The molecule has 0 radical (unpaired) electrons. The average molecular weight is 419 g/mol. The summed E-state index contributed by atoms with van der Waals surface area (Å²) >= 11 is 1.83. The molecule has 1 N–H and O–H groups in total. The van der Waals surface area contributed by atoms with Crippen LogP contribution in [0.1, 0.15) is 42.0 Å². The van der Waals surface area contributed by atoms with Crippen molar-refractivity contribution in [3.05, 3.63) is 34.1 Å². The Bertz CT molecular complexity index is 781. The Morgan fingerprint density at radius 1 is 1.39 bits per heavy atom. The number of nitrogens with zero attached hydrogens (tertiary/aromatic N) is 3. The second-order valence-corrected chi connectivity index (χ2v) is 7.66. The van der Waals surface area contributed by atoms with E-state index in [2.05, 4.69) is 32.6 Å². The highest BCUT2D eigenvalue weighted by Crippen LogP contribution is 2.38. The molecule has 0 unspecified atom stereocenters. The molecule has 2 aliphatic rings. The molecule has 0 aliphatic carbocycles. The summed E-state index contributed by atoms with van der Waals surface area (Å²) in [6.07, 6.45) is -1.60. The number of carbonyl (C=O) groups is 1. The summed E-state index contributed by atoms with van der Waals surface area (Å²) in [4.78, 5) is 17.2. The first-order chi connectivity index (χ1) is 13.2. The van der Waals surface area contributed by atoms with Crippen LogP contribution >= 0.6 is 11.3 Å². The number of ether oxygens (including phenoxy) is 1. The number of aliphatic carboxylic acids is 1. The number of rotatable bonds is 3. The first-order valence-electron chi connectivity index (χ1n) is 8.76. The molecule has 0 saturated carbocycles. The highest BCUT2D eigenvalue weighted by Gasteiger charge is 2.41. The molecular weight excluding hydrogens is 399 g/mol. The van der Waals surface area contributed by atoms with Crippen LogP contribution in [0.3, 0.4) is 0 Å². The molecule has 0 spiro atoms. The van der Waals surface area contributed by atoms with E-state index in [1.165, 1.54) is 4.88 Å². The SMILES string of the molecule is Cc1noc([C@@H]2CC[C@@H]3[C@@H](CCN3Cc3cccs3)O2)n1.O=C(O)C(F)(F)F. The smallest absolute Gasteiger partial charge is 0.475 e. The zero-order valence-electron chi connectivity index (χ0n) is 15.1. The van der Waals surface area contributed by atoms with E-state index >= 15 is 0 Å². The van der Waals surface area contributed by atoms with Crippen LogP contribution in [0.4, 0.5) is 13.2 Å². The highest BCUT2D eigenvalue weighted by atomic mass is 32.1. The third-order valence-electron chi connectivity index (χ3n) is 4.66. The lowest BCUT2D eigenvalue weighted by Gasteiger charge is -2.34. The van der Waals surface area contributed by atoms with E-state index in [0.29, 0.717) is 23.9 Å². The number of likely N-dealkylation sites (tertiary alicyclic amines) is 1. The minimum absolute atomic E-state index is 0.0193. The number of hydrogen-bond donors (Lipinski definition) is 1. The fourth-order valence-corrected chi connectivity index (χ4v) is 4.17. The van der Waals surface area contributed by atoms with Crippen molar-refractivity contribution in [2.24, 2.45) is 0 Å². The lowest BCUT2D eigenvalue weighted by atomic mass is 9.99. The van der Waals surface area contributed by atoms with Gasteiger partial charge in [-0.1, -0.05) is 11.2 Å². The van der Waals surface area contributed by atoms with E-state index in [1.807, 2.05) is 18.3 Å². The topological polar surface area (TPSA) is 88.7 Å². The van der Waals surface area contributed by atoms with Crippen molar-refractivity contribution in [3.8, 4) is 0 Å². The van der Waals surface area contributed by atoms with Crippen LogP contribution in [0.15, 0.2) is 22.0 Å². The summed E-state index contributed by atoms with van der Waals surface area (Å²) in [5.41, 5.74) is 0. The summed E-state index contributed by atoms with van der Waals surface area (Å²) in [5.74, 6) is -1.43. The normalized spacial score (nSPS) is 25.1. The summed E-state index contributed by atoms with van der Waals surface area (Å²) < 4.78 is 43.2. The number of fused-ring (bicyclic) bond motifs is 1. The Morgan fingerprint density at radius 2 is 2.14 bits per heavy atom. The van der Waals surface area contributed by atoms with E-state index < -0.39 is 12.1 Å². The van der Waals surface area contributed by atoms with Gasteiger partial charge in [-0.15, -0.1) is 11.3 Å². The molecule has 7 nitrogen and oxygen atoms in total. The average Bonchev–Trinajstić information content (AvgIpc) is 3.36. The third-order valence-corrected chi connectivity index (χ3v) is 5.52. The van der Waals surface area contributed by atoms with E-state index in [0.717, 1.165) is 32.4 Å². The first kappa shape index (κ1) is 20.7. The molecule has 2 fully saturated rings. The van der Waals surface area contributed by atoms with Gasteiger partial charge in [0.05, 0.1) is 6.10 Å². The van der Waals surface area contributed by atoms with Gasteiger partial charge in [-0.05, 0) is 37.6 Å². The van der Waals surface area contributed by atoms with Crippen molar-refractivity contribution in [2.75, 3.05) is 6.54 Å². The van der Waals surface area contributed by atoms with Gasteiger partial charge in [0.15, 0.2) is 5.82 Å². The molecule has 28 heavy (non-hydrogen) atoms. The van der Waals surface area contributed by atoms with Gasteiger partial charge in [0, 0.05) is 24.0 Å². The number of carboxylic acid groups (broad SMARTS) is 1. The van der Waals surface area contributed by atoms with E-state index in [4.69, 9.17) is 19.2 Å². The molecule has 3 atom stereocenters.